The number of rotatable bonds is 6. The number of thiophene rings is 1. The number of hydrogen-bond acceptors (Lipinski definition) is 4. The smallest absolute Gasteiger partial charge is 0.253 e. The number of carbonyl (C=O) groups excluding carboxylic acids is 1. The highest BCUT2D eigenvalue weighted by molar-refractivity contribution is 7.10. The van der Waals surface area contributed by atoms with Gasteiger partial charge in [0.15, 0.2) is 0 Å². The molecule has 3 rings (SSSR count). The van der Waals surface area contributed by atoms with Crippen LogP contribution in [0.15, 0.2) is 41.6 Å². The number of carbonyl (C=O) groups is 1. The minimum Gasteiger partial charge on any atom is -0.349 e. The van der Waals surface area contributed by atoms with Gasteiger partial charge in [-0.1, -0.05) is 12.1 Å². The number of amides is 1. The van der Waals surface area contributed by atoms with E-state index < -0.39 is 0 Å². The van der Waals surface area contributed by atoms with Crippen molar-refractivity contribution in [1.82, 2.24) is 14.9 Å². The molecule has 0 bridgehead atoms. The Kier molecular flexibility index (Phi) is 4.97. The number of hydrogen-bond donors (Lipinski definition) is 1. The molecule has 0 fully saturated rings. The van der Waals surface area contributed by atoms with Crippen LogP contribution in [0.5, 0.6) is 0 Å². The summed E-state index contributed by atoms with van der Waals surface area (Å²) in [7, 11) is 0. The lowest BCUT2D eigenvalue weighted by atomic mass is 10.2. The van der Waals surface area contributed by atoms with E-state index in [1.807, 2.05) is 31.4 Å². The van der Waals surface area contributed by atoms with Gasteiger partial charge in [-0.15, -0.1) is 29.3 Å². The number of aryl methyl sites for hydroxylation is 1. The molecule has 0 spiro atoms. The Labute approximate surface area is 149 Å². The van der Waals surface area contributed by atoms with E-state index in [-0.39, 0.29) is 5.91 Å². The van der Waals surface area contributed by atoms with Crippen molar-refractivity contribution in [1.29, 1.82) is 0 Å². The third kappa shape index (κ3) is 3.34. The summed E-state index contributed by atoms with van der Waals surface area (Å²) in [6, 6.07) is 6.09. The van der Waals surface area contributed by atoms with Crippen LogP contribution in [0.1, 0.15) is 25.9 Å². The van der Waals surface area contributed by atoms with Crippen LogP contribution in [-0.2, 0) is 6.54 Å². The molecule has 124 valence electrons. The zero-order chi connectivity index (χ0) is 17.1. The number of nitrogens with zero attached hydrogens (tertiary/aromatic N) is 2. The summed E-state index contributed by atoms with van der Waals surface area (Å²) in [6.45, 7) is 8.82. The summed E-state index contributed by atoms with van der Waals surface area (Å²) in [5, 5.41) is 7.99. The predicted molar refractivity (Wildman–Crippen MR) is 101 cm³/mol. The highest BCUT2D eigenvalue weighted by Gasteiger charge is 2.19. The average molecular weight is 358 g/mol. The Bertz CT molecular complexity index is 859. The Balaban J connectivity index is 2.04. The van der Waals surface area contributed by atoms with Crippen molar-refractivity contribution in [3.05, 3.63) is 62.8 Å². The molecule has 1 amide bonds. The van der Waals surface area contributed by atoms with Crippen molar-refractivity contribution >= 4 is 28.6 Å². The van der Waals surface area contributed by atoms with Gasteiger partial charge in [0.2, 0.25) is 0 Å². The van der Waals surface area contributed by atoms with Gasteiger partial charge in [-0.05, 0) is 31.4 Å². The molecule has 0 saturated heterocycles. The maximum atomic E-state index is 12.4. The molecule has 0 aliphatic rings. The third-order valence-electron chi connectivity index (χ3n) is 3.79. The van der Waals surface area contributed by atoms with Crippen LogP contribution in [0.3, 0.4) is 0 Å². The first kappa shape index (κ1) is 16.7. The standard InChI is InChI=1S/C18H19N3OS2/c1-4-7-19-18(22)15-9-17(16-11-24-13(3)20-16)21(12(15)2)10-14-6-5-8-23-14/h4-6,8-9,11H,1,7,10H2,2-3H3,(H,19,22). The minimum absolute atomic E-state index is 0.0782. The topological polar surface area (TPSA) is 46.9 Å². The molecule has 0 atom stereocenters. The van der Waals surface area contributed by atoms with Crippen molar-refractivity contribution in [2.45, 2.75) is 20.4 Å². The van der Waals surface area contributed by atoms with Crippen molar-refractivity contribution in [3.63, 3.8) is 0 Å². The van der Waals surface area contributed by atoms with Gasteiger partial charge in [0.05, 0.1) is 28.5 Å². The maximum absolute atomic E-state index is 12.4. The molecule has 0 saturated carbocycles. The predicted octanol–water partition coefficient (Wildman–Crippen LogP) is 4.25. The van der Waals surface area contributed by atoms with Crippen molar-refractivity contribution in [2.24, 2.45) is 0 Å². The van der Waals surface area contributed by atoms with Gasteiger partial charge in [0.25, 0.3) is 5.91 Å². The molecule has 3 aromatic rings. The van der Waals surface area contributed by atoms with Gasteiger partial charge in [-0.2, -0.15) is 0 Å². The molecule has 3 aromatic heterocycles. The quantitative estimate of drug-likeness (QED) is 0.670. The molecular weight excluding hydrogens is 338 g/mol. The van der Waals surface area contributed by atoms with Crippen LogP contribution in [0.4, 0.5) is 0 Å². The van der Waals surface area contributed by atoms with E-state index in [0.717, 1.165) is 28.6 Å². The summed E-state index contributed by atoms with van der Waals surface area (Å²) in [5.41, 5.74) is 3.54. The average Bonchev–Trinajstić information content (AvgIpc) is 3.28. The Morgan fingerprint density at radius 1 is 1.42 bits per heavy atom. The highest BCUT2D eigenvalue weighted by atomic mass is 32.1. The second-order valence-corrected chi connectivity index (χ2v) is 7.54. The monoisotopic (exact) mass is 357 g/mol. The lowest BCUT2D eigenvalue weighted by Crippen LogP contribution is -2.23. The summed E-state index contributed by atoms with van der Waals surface area (Å²) in [6.07, 6.45) is 1.68. The summed E-state index contributed by atoms with van der Waals surface area (Å²) < 4.78 is 2.17. The van der Waals surface area contributed by atoms with Gasteiger partial charge >= 0.3 is 0 Å². The van der Waals surface area contributed by atoms with Crippen LogP contribution in [0, 0.1) is 13.8 Å². The highest BCUT2D eigenvalue weighted by Crippen LogP contribution is 2.28. The molecule has 1 N–H and O–H groups in total. The fraction of sp³-hybridized carbons (Fsp3) is 0.222. The second kappa shape index (κ2) is 7.15. The molecule has 0 aliphatic carbocycles. The van der Waals surface area contributed by atoms with Crippen LogP contribution >= 0.6 is 22.7 Å². The summed E-state index contributed by atoms with van der Waals surface area (Å²) in [5.74, 6) is -0.0782. The minimum atomic E-state index is -0.0782. The van der Waals surface area contributed by atoms with Crippen LogP contribution in [0.25, 0.3) is 11.4 Å². The number of nitrogens with one attached hydrogen (secondary N) is 1. The first-order valence-corrected chi connectivity index (χ1v) is 9.40. The Hall–Kier alpha value is -2.18. The van der Waals surface area contributed by atoms with E-state index in [9.17, 15) is 4.79 Å². The zero-order valence-corrected chi connectivity index (χ0v) is 15.3. The largest absolute Gasteiger partial charge is 0.349 e. The molecule has 0 aromatic carbocycles. The summed E-state index contributed by atoms with van der Waals surface area (Å²) >= 11 is 3.33. The molecule has 0 radical (unpaired) electrons. The molecule has 0 unspecified atom stereocenters. The van der Waals surface area contributed by atoms with E-state index in [2.05, 4.69) is 32.9 Å². The second-order valence-electron chi connectivity index (χ2n) is 5.44. The number of aromatic nitrogens is 2. The van der Waals surface area contributed by atoms with Crippen LogP contribution < -0.4 is 5.32 Å². The van der Waals surface area contributed by atoms with Gasteiger partial charge in [-0.25, -0.2) is 4.98 Å². The Morgan fingerprint density at radius 3 is 2.88 bits per heavy atom. The first-order valence-electron chi connectivity index (χ1n) is 7.64. The lowest BCUT2D eigenvalue weighted by molar-refractivity contribution is 0.0957. The van der Waals surface area contributed by atoms with Crippen LogP contribution in [0.2, 0.25) is 0 Å². The van der Waals surface area contributed by atoms with E-state index in [0.29, 0.717) is 12.1 Å². The van der Waals surface area contributed by atoms with Gasteiger partial charge in [-0.3, -0.25) is 4.79 Å². The fourth-order valence-corrected chi connectivity index (χ4v) is 3.89. The van der Waals surface area contributed by atoms with Gasteiger partial charge < -0.3 is 9.88 Å². The summed E-state index contributed by atoms with van der Waals surface area (Å²) in [4.78, 5) is 18.3. The molecule has 4 nitrogen and oxygen atoms in total. The fourth-order valence-electron chi connectivity index (χ4n) is 2.59. The van der Waals surface area contributed by atoms with E-state index in [4.69, 9.17) is 0 Å². The van der Waals surface area contributed by atoms with E-state index in [1.165, 1.54) is 4.88 Å². The molecule has 6 heteroatoms. The molecular formula is C18H19N3OS2. The van der Waals surface area contributed by atoms with Crippen molar-refractivity contribution < 1.29 is 4.79 Å². The lowest BCUT2D eigenvalue weighted by Gasteiger charge is -2.09. The molecule has 3 heterocycles. The first-order chi connectivity index (χ1) is 11.6. The van der Waals surface area contributed by atoms with Gasteiger partial charge in [0, 0.05) is 22.5 Å². The Morgan fingerprint density at radius 2 is 2.25 bits per heavy atom. The van der Waals surface area contributed by atoms with Crippen molar-refractivity contribution in [2.75, 3.05) is 6.54 Å². The van der Waals surface area contributed by atoms with E-state index >= 15 is 0 Å². The zero-order valence-electron chi connectivity index (χ0n) is 13.7. The molecule has 24 heavy (non-hydrogen) atoms. The maximum Gasteiger partial charge on any atom is 0.253 e. The molecule has 0 aliphatic heterocycles. The van der Waals surface area contributed by atoms with E-state index in [1.54, 1.807) is 28.7 Å². The van der Waals surface area contributed by atoms with Gasteiger partial charge in [0.1, 0.15) is 0 Å². The SMILES string of the molecule is C=CCNC(=O)c1cc(-c2csc(C)n2)n(Cc2cccs2)c1C. The normalized spacial score (nSPS) is 10.8. The van der Waals surface area contributed by atoms with Crippen LogP contribution in [-0.4, -0.2) is 22.0 Å². The number of thiazole rings is 1. The van der Waals surface area contributed by atoms with Crippen molar-refractivity contribution in [3.8, 4) is 11.4 Å². The third-order valence-corrected chi connectivity index (χ3v) is 5.43.